The third-order valence-electron chi connectivity index (χ3n) is 1.91. The Morgan fingerprint density at radius 1 is 1.56 bits per heavy atom. The van der Waals surface area contributed by atoms with Crippen LogP contribution in [0.5, 0.6) is 0 Å². The number of carbonyl (C=O) groups excluding carboxylic acids is 1. The number of anilines is 1. The normalized spacial score (nSPS) is 9.56. The number of benzene rings is 1. The molecule has 0 bridgehead atoms. The number of carbonyl (C=O) groups is 1. The van der Waals surface area contributed by atoms with Crippen molar-refractivity contribution in [2.75, 3.05) is 11.2 Å². The minimum absolute atomic E-state index is 0.0878. The maximum atomic E-state index is 13.0. The number of halogens is 2. The Balaban J connectivity index is 2.68. The number of nitrogens with zero attached hydrogens (tertiary/aromatic N) is 1. The molecular weight excluding hydrogens is 231 g/mol. The Bertz CT molecular complexity index is 428. The fraction of sp³-hybridized carbons (Fsp3) is 0.273. The van der Waals surface area contributed by atoms with Crippen LogP contribution < -0.4 is 5.32 Å². The molecule has 0 aromatic heterocycles. The zero-order chi connectivity index (χ0) is 12.0. The highest BCUT2D eigenvalue weighted by molar-refractivity contribution is 6.18. The molecule has 0 unspecified atom stereocenters. The van der Waals surface area contributed by atoms with E-state index in [4.69, 9.17) is 16.9 Å². The summed E-state index contributed by atoms with van der Waals surface area (Å²) in [4.78, 5) is 11.3. The summed E-state index contributed by atoms with van der Waals surface area (Å²) in [5, 5.41) is 11.2. The third kappa shape index (κ3) is 3.52. The molecule has 1 amide bonds. The maximum Gasteiger partial charge on any atom is 0.224 e. The number of nitriles is 1. The van der Waals surface area contributed by atoms with Gasteiger partial charge in [-0.15, -0.1) is 11.6 Å². The first-order valence-corrected chi connectivity index (χ1v) is 5.26. The van der Waals surface area contributed by atoms with E-state index < -0.39 is 5.82 Å². The van der Waals surface area contributed by atoms with Gasteiger partial charge >= 0.3 is 0 Å². The summed E-state index contributed by atoms with van der Waals surface area (Å²) in [6.45, 7) is 0. The van der Waals surface area contributed by atoms with E-state index in [1.807, 2.05) is 0 Å². The largest absolute Gasteiger partial charge is 0.326 e. The van der Waals surface area contributed by atoms with E-state index in [2.05, 4.69) is 5.32 Å². The molecule has 0 aliphatic heterocycles. The first-order chi connectivity index (χ1) is 7.67. The molecule has 0 aliphatic carbocycles. The highest BCUT2D eigenvalue weighted by Crippen LogP contribution is 2.14. The third-order valence-corrected chi connectivity index (χ3v) is 2.18. The Morgan fingerprint density at radius 3 is 2.94 bits per heavy atom. The van der Waals surface area contributed by atoms with Crippen molar-refractivity contribution in [2.24, 2.45) is 0 Å². The molecule has 5 heteroatoms. The molecule has 1 rings (SSSR count). The fourth-order valence-electron chi connectivity index (χ4n) is 1.14. The van der Waals surface area contributed by atoms with E-state index >= 15 is 0 Å². The van der Waals surface area contributed by atoms with Gasteiger partial charge in [0.1, 0.15) is 11.9 Å². The molecule has 1 aromatic rings. The van der Waals surface area contributed by atoms with Gasteiger partial charge in [0, 0.05) is 18.0 Å². The van der Waals surface area contributed by atoms with Crippen LogP contribution in [0.4, 0.5) is 10.1 Å². The van der Waals surface area contributed by atoms with Crippen molar-refractivity contribution in [3.63, 3.8) is 0 Å². The van der Waals surface area contributed by atoms with Crippen LogP contribution in [-0.4, -0.2) is 11.8 Å². The van der Waals surface area contributed by atoms with Crippen LogP contribution in [0.15, 0.2) is 18.2 Å². The molecule has 0 aliphatic rings. The quantitative estimate of drug-likeness (QED) is 0.823. The fourth-order valence-corrected chi connectivity index (χ4v) is 1.27. The van der Waals surface area contributed by atoms with Crippen LogP contribution in [-0.2, 0) is 4.79 Å². The average molecular weight is 241 g/mol. The Hall–Kier alpha value is -1.60. The van der Waals surface area contributed by atoms with Gasteiger partial charge in [0.15, 0.2) is 0 Å². The molecule has 84 valence electrons. The van der Waals surface area contributed by atoms with E-state index in [1.54, 1.807) is 6.07 Å². The summed E-state index contributed by atoms with van der Waals surface area (Å²) in [7, 11) is 0. The Labute approximate surface area is 97.8 Å². The van der Waals surface area contributed by atoms with Crippen LogP contribution in [0.1, 0.15) is 18.4 Å². The Morgan fingerprint density at radius 2 is 2.31 bits per heavy atom. The van der Waals surface area contributed by atoms with Crippen molar-refractivity contribution in [2.45, 2.75) is 12.8 Å². The van der Waals surface area contributed by atoms with Crippen LogP contribution in [0.3, 0.4) is 0 Å². The van der Waals surface area contributed by atoms with E-state index in [-0.39, 0.29) is 11.5 Å². The number of rotatable bonds is 4. The standard InChI is InChI=1S/C11H10ClFN2O/c12-5-1-2-11(16)15-9-3-4-10(13)8(6-9)7-14/h3-4,6H,1-2,5H2,(H,15,16). The van der Waals surface area contributed by atoms with Crippen molar-refractivity contribution in [1.82, 2.24) is 0 Å². The lowest BCUT2D eigenvalue weighted by Gasteiger charge is -2.04. The van der Waals surface area contributed by atoms with Gasteiger partial charge in [-0.1, -0.05) is 0 Å². The minimum Gasteiger partial charge on any atom is -0.326 e. The summed E-state index contributed by atoms with van der Waals surface area (Å²) in [6, 6.07) is 5.56. The molecule has 16 heavy (non-hydrogen) atoms. The summed E-state index contributed by atoms with van der Waals surface area (Å²) < 4.78 is 13.0. The van der Waals surface area contributed by atoms with Crippen molar-refractivity contribution in [3.05, 3.63) is 29.6 Å². The van der Waals surface area contributed by atoms with Crippen LogP contribution in [0.25, 0.3) is 0 Å². The van der Waals surface area contributed by atoms with E-state index in [9.17, 15) is 9.18 Å². The highest BCUT2D eigenvalue weighted by Gasteiger charge is 2.05. The van der Waals surface area contributed by atoms with Crippen LogP contribution >= 0.6 is 11.6 Å². The number of alkyl halides is 1. The van der Waals surface area contributed by atoms with Gasteiger partial charge in [-0.2, -0.15) is 5.26 Å². The first kappa shape index (κ1) is 12.5. The molecule has 0 atom stereocenters. The van der Waals surface area contributed by atoms with Crippen molar-refractivity contribution in [3.8, 4) is 6.07 Å². The second-order valence-electron chi connectivity index (χ2n) is 3.15. The zero-order valence-electron chi connectivity index (χ0n) is 8.46. The lowest BCUT2D eigenvalue weighted by atomic mass is 10.2. The van der Waals surface area contributed by atoms with Gasteiger partial charge in [0.05, 0.1) is 5.56 Å². The summed E-state index contributed by atoms with van der Waals surface area (Å²) >= 11 is 5.44. The van der Waals surface area contributed by atoms with Gasteiger partial charge in [-0.3, -0.25) is 4.79 Å². The highest BCUT2D eigenvalue weighted by atomic mass is 35.5. The number of amides is 1. The smallest absolute Gasteiger partial charge is 0.224 e. The van der Waals surface area contributed by atoms with E-state index in [1.165, 1.54) is 12.1 Å². The van der Waals surface area contributed by atoms with Crippen LogP contribution in [0, 0.1) is 17.1 Å². The number of hydrogen-bond donors (Lipinski definition) is 1. The molecule has 3 nitrogen and oxygen atoms in total. The van der Waals surface area contributed by atoms with Gasteiger partial charge in [-0.25, -0.2) is 4.39 Å². The van der Waals surface area contributed by atoms with Crippen molar-refractivity contribution in [1.29, 1.82) is 5.26 Å². The van der Waals surface area contributed by atoms with Gasteiger partial charge < -0.3 is 5.32 Å². The molecule has 0 saturated heterocycles. The van der Waals surface area contributed by atoms with Crippen molar-refractivity contribution >= 4 is 23.2 Å². The monoisotopic (exact) mass is 240 g/mol. The molecule has 1 aromatic carbocycles. The lowest BCUT2D eigenvalue weighted by Crippen LogP contribution is -2.11. The number of hydrogen-bond acceptors (Lipinski definition) is 2. The summed E-state index contributed by atoms with van der Waals surface area (Å²) in [5.41, 5.74) is 0.327. The summed E-state index contributed by atoms with van der Waals surface area (Å²) in [5.74, 6) is -0.377. The predicted octanol–water partition coefficient (Wildman–Crippen LogP) is 2.65. The van der Waals surface area contributed by atoms with Gasteiger partial charge in [0.25, 0.3) is 0 Å². The molecule has 0 fully saturated rings. The van der Waals surface area contributed by atoms with Crippen molar-refractivity contribution < 1.29 is 9.18 Å². The van der Waals surface area contributed by atoms with Gasteiger partial charge in [-0.05, 0) is 24.6 Å². The second-order valence-corrected chi connectivity index (χ2v) is 3.53. The molecule has 0 spiro atoms. The molecule has 0 heterocycles. The van der Waals surface area contributed by atoms with Crippen LogP contribution in [0.2, 0.25) is 0 Å². The predicted molar refractivity (Wildman–Crippen MR) is 59.7 cm³/mol. The lowest BCUT2D eigenvalue weighted by molar-refractivity contribution is -0.116. The summed E-state index contributed by atoms with van der Waals surface area (Å²) in [6.07, 6.45) is 0.891. The SMILES string of the molecule is N#Cc1cc(NC(=O)CCCCl)ccc1F. The number of nitrogens with one attached hydrogen (secondary N) is 1. The van der Waals surface area contributed by atoms with E-state index in [0.717, 1.165) is 6.07 Å². The maximum absolute atomic E-state index is 13.0. The van der Waals surface area contributed by atoms with Gasteiger partial charge in [0.2, 0.25) is 5.91 Å². The molecular formula is C11H10ClFN2O. The zero-order valence-corrected chi connectivity index (χ0v) is 9.22. The first-order valence-electron chi connectivity index (χ1n) is 4.73. The topological polar surface area (TPSA) is 52.9 Å². The Kier molecular flexibility index (Phi) is 4.74. The molecule has 0 saturated carbocycles. The minimum atomic E-state index is -0.596. The van der Waals surface area contributed by atoms with E-state index in [0.29, 0.717) is 24.4 Å². The average Bonchev–Trinajstić information content (AvgIpc) is 2.29. The second kappa shape index (κ2) is 6.09. The molecule has 0 radical (unpaired) electrons. The molecule has 1 N–H and O–H groups in total.